The van der Waals surface area contributed by atoms with Crippen LogP contribution in [-0.2, 0) is 0 Å². The Morgan fingerprint density at radius 1 is 0.353 bits per heavy atom. The first-order chi connectivity index (χ1) is 25.3. The summed E-state index contributed by atoms with van der Waals surface area (Å²) in [6.45, 7) is 0.112. The molecule has 0 amide bonds. The highest BCUT2D eigenvalue weighted by molar-refractivity contribution is 7.00. The standard InChI is InChI=1S/C48H27BN2/c1-3-13-31-24-42-38(22-29(31)11-1)36-18-8-20-40-47(36)50(42)44-26-33(35-17-7-15-28-10-5-6-16-34(28)35)27-45-46(44)49(40)41-21-9-19-37-39-23-30-12-2-4-14-32(30)25-43(39)51(45)48(37)41/h1-27H. The molecule has 0 saturated heterocycles. The maximum Gasteiger partial charge on any atom is 0.252 e. The number of benzene rings is 9. The number of para-hydroxylation sites is 2. The molecular weight excluding hydrogens is 615 g/mol. The van der Waals surface area contributed by atoms with E-state index in [1.165, 1.54) is 115 Å². The third-order valence-electron chi connectivity index (χ3n) is 12.0. The van der Waals surface area contributed by atoms with Crippen molar-refractivity contribution in [3.63, 3.8) is 0 Å². The van der Waals surface area contributed by atoms with Gasteiger partial charge in [-0.25, -0.2) is 0 Å². The topological polar surface area (TPSA) is 9.86 Å². The number of nitrogens with zero attached hydrogens (tertiary/aromatic N) is 2. The fourth-order valence-corrected chi connectivity index (χ4v) is 9.92. The minimum atomic E-state index is 0.112. The number of rotatable bonds is 1. The summed E-state index contributed by atoms with van der Waals surface area (Å²) in [4.78, 5) is 0. The fourth-order valence-electron chi connectivity index (χ4n) is 9.92. The Morgan fingerprint density at radius 2 is 0.804 bits per heavy atom. The molecule has 2 aliphatic rings. The van der Waals surface area contributed by atoms with Crippen LogP contribution < -0.4 is 16.4 Å². The van der Waals surface area contributed by atoms with E-state index < -0.39 is 0 Å². The highest BCUT2D eigenvalue weighted by atomic mass is 15.0. The molecule has 2 aromatic heterocycles. The lowest BCUT2D eigenvalue weighted by molar-refractivity contribution is 1.15. The summed E-state index contributed by atoms with van der Waals surface area (Å²) in [7, 11) is 0. The predicted molar refractivity (Wildman–Crippen MR) is 218 cm³/mol. The summed E-state index contributed by atoms with van der Waals surface area (Å²) in [6, 6.07) is 61.8. The molecular formula is C48H27BN2. The van der Waals surface area contributed by atoms with Gasteiger partial charge in [0, 0.05) is 44.0 Å². The first-order valence-corrected chi connectivity index (χ1v) is 17.9. The Kier molecular flexibility index (Phi) is 4.72. The molecule has 0 aliphatic carbocycles. The first-order valence-electron chi connectivity index (χ1n) is 17.9. The molecule has 0 saturated carbocycles. The molecule has 0 fully saturated rings. The van der Waals surface area contributed by atoms with Gasteiger partial charge in [0.1, 0.15) is 0 Å². The first kappa shape index (κ1) is 26.3. The van der Waals surface area contributed by atoms with Crippen LogP contribution >= 0.6 is 0 Å². The van der Waals surface area contributed by atoms with E-state index in [4.69, 9.17) is 0 Å². The molecule has 0 radical (unpaired) electrons. The second-order valence-corrected chi connectivity index (χ2v) is 14.5. The second-order valence-electron chi connectivity index (χ2n) is 14.5. The van der Waals surface area contributed by atoms with Gasteiger partial charge in [-0.2, -0.15) is 0 Å². The summed E-state index contributed by atoms with van der Waals surface area (Å²) in [5.41, 5.74) is 14.4. The SMILES string of the molecule is c1ccc2cc3c(cc2c1)c1cccc2c1n3-c1cc(-c3cccc4ccccc34)cc3c1B2c1cccc2c4cc5ccccc5cc4n-3c12. The lowest BCUT2D eigenvalue weighted by atomic mass is 9.34. The van der Waals surface area contributed by atoms with Gasteiger partial charge >= 0.3 is 0 Å². The van der Waals surface area contributed by atoms with Gasteiger partial charge in [0.2, 0.25) is 0 Å². The predicted octanol–water partition coefficient (Wildman–Crippen LogP) is 10.2. The molecule has 51 heavy (non-hydrogen) atoms. The maximum atomic E-state index is 2.60. The van der Waals surface area contributed by atoms with Crippen LogP contribution in [0, 0.1) is 0 Å². The summed E-state index contributed by atoms with van der Waals surface area (Å²) in [5.74, 6) is 0. The van der Waals surface area contributed by atoms with E-state index in [9.17, 15) is 0 Å². The molecule has 9 aromatic carbocycles. The van der Waals surface area contributed by atoms with Gasteiger partial charge in [-0.1, -0.05) is 127 Å². The van der Waals surface area contributed by atoms with Crippen LogP contribution in [0.25, 0.3) is 98.4 Å². The molecule has 0 spiro atoms. The molecule has 2 nitrogen and oxygen atoms in total. The zero-order chi connectivity index (χ0) is 32.9. The number of aromatic nitrogens is 2. The molecule has 13 rings (SSSR count). The summed E-state index contributed by atoms with van der Waals surface area (Å²) in [5, 5.41) is 12.9. The minimum Gasteiger partial charge on any atom is -0.310 e. The van der Waals surface area contributed by atoms with E-state index in [1.54, 1.807) is 0 Å². The normalized spacial score (nSPS) is 13.1. The lowest BCUT2D eigenvalue weighted by Gasteiger charge is -2.34. The molecule has 11 aromatic rings. The van der Waals surface area contributed by atoms with Gasteiger partial charge in [-0.05, 0) is 96.2 Å². The van der Waals surface area contributed by atoms with Crippen LogP contribution in [0.3, 0.4) is 0 Å². The van der Waals surface area contributed by atoms with Crippen molar-refractivity contribution in [1.82, 2.24) is 9.13 Å². The van der Waals surface area contributed by atoms with Gasteiger partial charge in [0.25, 0.3) is 6.71 Å². The van der Waals surface area contributed by atoms with Crippen LogP contribution in [0.2, 0.25) is 0 Å². The Balaban J connectivity index is 1.27. The minimum absolute atomic E-state index is 0.112. The van der Waals surface area contributed by atoms with Crippen molar-refractivity contribution in [3.05, 3.63) is 164 Å². The average Bonchev–Trinajstić information content (AvgIpc) is 3.69. The third kappa shape index (κ3) is 3.21. The van der Waals surface area contributed by atoms with Crippen molar-refractivity contribution in [1.29, 1.82) is 0 Å². The van der Waals surface area contributed by atoms with Crippen LogP contribution in [0.15, 0.2) is 164 Å². The molecule has 4 heterocycles. The number of hydrogen-bond donors (Lipinski definition) is 0. The summed E-state index contributed by atoms with van der Waals surface area (Å²) in [6.07, 6.45) is 0. The van der Waals surface area contributed by atoms with Gasteiger partial charge in [-0.15, -0.1) is 0 Å². The maximum absolute atomic E-state index is 2.60. The quantitative estimate of drug-likeness (QED) is 0.158. The van der Waals surface area contributed by atoms with E-state index in [0.29, 0.717) is 0 Å². The lowest BCUT2D eigenvalue weighted by Crippen LogP contribution is -2.59. The van der Waals surface area contributed by atoms with Crippen molar-refractivity contribution in [2.45, 2.75) is 0 Å². The van der Waals surface area contributed by atoms with E-state index in [1.807, 2.05) is 0 Å². The van der Waals surface area contributed by atoms with E-state index in [0.717, 1.165) is 0 Å². The average molecular weight is 643 g/mol. The van der Waals surface area contributed by atoms with Gasteiger partial charge in [0.05, 0.1) is 11.0 Å². The zero-order valence-corrected chi connectivity index (χ0v) is 27.6. The molecule has 0 unspecified atom stereocenters. The second kappa shape index (κ2) is 9.15. The van der Waals surface area contributed by atoms with Crippen LogP contribution in [0.1, 0.15) is 0 Å². The fraction of sp³-hybridized carbons (Fsp3) is 0. The van der Waals surface area contributed by atoms with Crippen LogP contribution in [0.4, 0.5) is 0 Å². The number of fused-ring (bicyclic) bond motifs is 13. The summed E-state index contributed by atoms with van der Waals surface area (Å²) >= 11 is 0. The molecule has 232 valence electrons. The zero-order valence-electron chi connectivity index (χ0n) is 27.6. The monoisotopic (exact) mass is 642 g/mol. The van der Waals surface area contributed by atoms with E-state index >= 15 is 0 Å². The molecule has 0 bridgehead atoms. The van der Waals surface area contributed by atoms with Gasteiger partial charge in [0.15, 0.2) is 0 Å². The van der Waals surface area contributed by atoms with E-state index in [2.05, 4.69) is 173 Å². The van der Waals surface area contributed by atoms with Crippen molar-refractivity contribution < 1.29 is 0 Å². The van der Waals surface area contributed by atoms with Gasteiger partial charge in [-0.3, -0.25) is 0 Å². The highest BCUT2D eigenvalue weighted by Crippen LogP contribution is 2.42. The van der Waals surface area contributed by atoms with Gasteiger partial charge < -0.3 is 9.13 Å². The van der Waals surface area contributed by atoms with E-state index in [-0.39, 0.29) is 6.71 Å². The van der Waals surface area contributed by atoms with Crippen molar-refractivity contribution in [3.8, 4) is 22.5 Å². The molecule has 2 aliphatic heterocycles. The Labute approximate surface area is 293 Å². The van der Waals surface area contributed by atoms with Crippen molar-refractivity contribution >= 4 is 99.0 Å². The molecule has 0 atom stereocenters. The Morgan fingerprint density at radius 3 is 1.37 bits per heavy atom. The van der Waals surface area contributed by atoms with Crippen LogP contribution in [-0.4, -0.2) is 15.8 Å². The largest absolute Gasteiger partial charge is 0.310 e. The number of hydrogen-bond acceptors (Lipinski definition) is 0. The Hall–Kier alpha value is -6.58. The highest BCUT2D eigenvalue weighted by Gasteiger charge is 2.41. The third-order valence-corrected chi connectivity index (χ3v) is 12.0. The van der Waals surface area contributed by atoms with Crippen molar-refractivity contribution in [2.75, 3.05) is 0 Å². The summed E-state index contributed by atoms with van der Waals surface area (Å²) < 4.78 is 5.20. The molecule has 0 N–H and O–H groups in total. The smallest absolute Gasteiger partial charge is 0.252 e. The van der Waals surface area contributed by atoms with Crippen molar-refractivity contribution in [2.24, 2.45) is 0 Å². The molecule has 3 heteroatoms. The Bertz CT molecular complexity index is 3190. The van der Waals surface area contributed by atoms with Crippen LogP contribution in [0.5, 0.6) is 0 Å².